The quantitative estimate of drug-likeness (QED) is 0.526. The number of aromatic nitrogens is 2. The van der Waals surface area contributed by atoms with Crippen LogP contribution in [0.3, 0.4) is 0 Å². The molecule has 0 saturated heterocycles. The Morgan fingerprint density at radius 1 is 1.31 bits per heavy atom. The molecule has 0 N–H and O–H groups in total. The molecule has 2 aromatic rings. The zero-order chi connectivity index (χ0) is 8.55. The van der Waals surface area contributed by atoms with Gasteiger partial charge in [0.15, 0.2) is 0 Å². The van der Waals surface area contributed by atoms with Gasteiger partial charge in [0.1, 0.15) is 0 Å². The Morgan fingerprint density at radius 3 is 2.85 bits per heavy atom. The summed E-state index contributed by atoms with van der Waals surface area (Å²) in [4.78, 5) is 8.12. The molecule has 0 bridgehead atoms. The fourth-order valence-corrected chi connectivity index (χ4v) is 1.62. The number of nitrogens with zero attached hydrogens (tertiary/aromatic N) is 2. The van der Waals surface area contributed by atoms with Crippen molar-refractivity contribution < 1.29 is 31.0 Å². The molecule has 1 aromatic carbocycles. The maximum Gasteiger partial charge on any atom is 1.00 e. The van der Waals surface area contributed by atoms with Crippen molar-refractivity contribution in [3.63, 3.8) is 0 Å². The van der Waals surface area contributed by atoms with Gasteiger partial charge in [-0.05, 0) is 0 Å². The van der Waals surface area contributed by atoms with Crippen molar-refractivity contribution in [1.29, 1.82) is 0 Å². The summed E-state index contributed by atoms with van der Waals surface area (Å²) in [6.07, 6.45) is 1.53. The molecule has 0 atom stereocenters. The second kappa shape index (κ2) is 4.74. The van der Waals surface area contributed by atoms with Crippen LogP contribution in [-0.4, -0.2) is 26.0 Å². The van der Waals surface area contributed by atoms with Crippen LogP contribution in [0.5, 0.6) is 0 Å². The van der Waals surface area contributed by atoms with Crippen LogP contribution in [0.4, 0.5) is 0 Å². The molecule has 13 heavy (non-hydrogen) atoms. The minimum atomic E-state index is 0. The van der Waals surface area contributed by atoms with Crippen LogP contribution in [0.25, 0.3) is 10.9 Å². The maximum atomic E-state index is 5.82. The van der Waals surface area contributed by atoms with Crippen molar-refractivity contribution in [1.82, 2.24) is 9.97 Å². The van der Waals surface area contributed by atoms with Crippen LogP contribution < -0.4 is 34.1 Å². The fourth-order valence-electron chi connectivity index (χ4n) is 1.01. The van der Waals surface area contributed by atoms with Crippen LogP contribution in [0.15, 0.2) is 24.5 Å². The number of rotatable bonds is 0. The number of hydrogen-bond acceptors (Lipinski definition) is 2. The van der Waals surface area contributed by atoms with Crippen LogP contribution >= 0.6 is 11.6 Å². The number of halogens is 1. The van der Waals surface area contributed by atoms with Crippen LogP contribution in [-0.2, 0) is 0 Å². The van der Waals surface area contributed by atoms with Crippen molar-refractivity contribution >= 4 is 43.1 Å². The molecule has 61 valence electrons. The van der Waals surface area contributed by atoms with Crippen LogP contribution in [0.2, 0.25) is 5.02 Å². The first kappa shape index (κ1) is 11.4. The third-order valence-corrected chi connectivity index (χ3v) is 2.48. The topological polar surface area (TPSA) is 25.8 Å². The number of fused-ring (bicyclic) bond motifs is 1. The van der Waals surface area contributed by atoms with Gasteiger partial charge >= 0.3 is 112 Å². The Kier molecular flexibility index (Phi) is 4.17. The zero-order valence-electron chi connectivity index (χ0n) is 7.99. The predicted octanol–water partition coefficient (Wildman–Crippen LogP) is -1.81. The molecule has 1 radical (unpaired) electrons. The summed E-state index contributed by atoms with van der Waals surface area (Å²) in [6, 6.07) is 5.54. The van der Waals surface area contributed by atoms with Crippen molar-refractivity contribution in [2.45, 2.75) is 0 Å². The third-order valence-electron chi connectivity index (χ3n) is 1.56. The van der Waals surface area contributed by atoms with E-state index in [2.05, 4.69) is 26.0 Å². The Morgan fingerprint density at radius 2 is 2.08 bits per heavy atom. The molecule has 0 aliphatic rings. The first-order chi connectivity index (χ1) is 5.77. The average Bonchev–Trinajstić information content (AvgIpc) is 2.07. The zero-order valence-corrected chi connectivity index (χ0v) is 11.5. The van der Waals surface area contributed by atoms with Crippen LogP contribution in [0, 0.1) is 0 Å². The van der Waals surface area contributed by atoms with Crippen LogP contribution in [0.1, 0.15) is 1.43 Å². The molecular weight excluding hydrogens is 262 g/mol. The van der Waals surface area contributed by atoms with E-state index in [1.807, 2.05) is 18.2 Å². The third kappa shape index (κ3) is 2.44. The van der Waals surface area contributed by atoms with Crippen molar-refractivity contribution in [2.75, 3.05) is 0 Å². The van der Waals surface area contributed by atoms with E-state index in [0.29, 0.717) is 5.02 Å². The molecule has 2 rings (SSSR count). The summed E-state index contributed by atoms with van der Waals surface area (Å²) in [6.45, 7) is 0. The van der Waals surface area contributed by atoms with Gasteiger partial charge in [0, 0.05) is 0 Å². The summed E-state index contributed by atoms with van der Waals surface area (Å²) in [5.74, 6) is 0. The van der Waals surface area contributed by atoms with Gasteiger partial charge in [-0.15, -0.1) is 0 Å². The molecule has 0 aliphatic carbocycles. The van der Waals surface area contributed by atoms with Gasteiger partial charge in [0.2, 0.25) is 0 Å². The standard InChI is InChI=1S/C8H4ClN2Se.Na.H/c9-5-1-2-7-6(3-5)8(12)11-4-10-7;;/h1-4H;;/q;+1;-1. The Bertz CT molecular complexity index is 441. The second-order valence-corrected chi connectivity index (χ2v) is 3.59. The van der Waals surface area contributed by atoms with E-state index in [1.165, 1.54) is 6.33 Å². The molecule has 1 aromatic heterocycles. The van der Waals surface area contributed by atoms with Gasteiger partial charge < -0.3 is 1.43 Å². The summed E-state index contributed by atoms with van der Waals surface area (Å²) >= 11 is 8.68. The molecule has 0 spiro atoms. The SMILES string of the molecule is Clc1ccc2ncnc([Se])c2c1.[H-].[Na+]. The maximum absolute atomic E-state index is 5.82. The Hall–Kier alpha value is 0.369. The van der Waals surface area contributed by atoms with Gasteiger partial charge in [-0.2, -0.15) is 0 Å². The van der Waals surface area contributed by atoms with Gasteiger partial charge in [-0.3, -0.25) is 0 Å². The van der Waals surface area contributed by atoms with Gasteiger partial charge in [-0.1, -0.05) is 0 Å². The molecule has 0 amide bonds. The van der Waals surface area contributed by atoms with Gasteiger partial charge in [0.05, 0.1) is 0 Å². The van der Waals surface area contributed by atoms with E-state index in [-0.39, 0.29) is 31.0 Å². The molecule has 5 heteroatoms. The summed E-state index contributed by atoms with van der Waals surface area (Å²) in [5, 5.41) is 1.67. The normalized spacial score (nSPS) is 9.62. The minimum absolute atomic E-state index is 0. The van der Waals surface area contributed by atoms with Crippen molar-refractivity contribution in [3.8, 4) is 0 Å². The van der Waals surface area contributed by atoms with E-state index < -0.39 is 0 Å². The van der Waals surface area contributed by atoms with Crippen molar-refractivity contribution in [2.24, 2.45) is 0 Å². The molecular formula is C8H5ClN2NaSe. The first-order valence-corrected chi connectivity index (χ1v) is 4.58. The molecule has 1 heterocycles. The van der Waals surface area contributed by atoms with Gasteiger partial charge in [-0.25, -0.2) is 0 Å². The molecule has 0 unspecified atom stereocenters. The monoisotopic (exact) mass is 267 g/mol. The molecule has 0 fully saturated rings. The molecule has 2 nitrogen and oxygen atoms in total. The largest absolute Gasteiger partial charge is 1.00 e. The van der Waals surface area contributed by atoms with Crippen molar-refractivity contribution in [3.05, 3.63) is 29.5 Å². The van der Waals surface area contributed by atoms with E-state index >= 15 is 0 Å². The predicted molar refractivity (Wildman–Crippen MR) is 51.0 cm³/mol. The summed E-state index contributed by atoms with van der Waals surface area (Å²) in [7, 11) is 0. The van der Waals surface area contributed by atoms with E-state index in [1.54, 1.807) is 0 Å². The minimum Gasteiger partial charge on any atom is -1.00 e. The van der Waals surface area contributed by atoms with E-state index in [9.17, 15) is 0 Å². The summed E-state index contributed by atoms with van der Waals surface area (Å²) < 4.78 is 0.836. The van der Waals surface area contributed by atoms with E-state index in [4.69, 9.17) is 11.6 Å². The number of benzene rings is 1. The Balaban J connectivity index is 0.000000845. The van der Waals surface area contributed by atoms with E-state index in [0.717, 1.165) is 15.5 Å². The smallest absolute Gasteiger partial charge is 1.00 e. The molecule has 0 aliphatic heterocycles. The Labute approximate surface area is 113 Å². The summed E-state index contributed by atoms with van der Waals surface area (Å²) in [5.41, 5.74) is 0.906. The molecule has 0 saturated carbocycles. The first-order valence-electron chi connectivity index (χ1n) is 3.34. The number of hydrogen-bond donors (Lipinski definition) is 0. The fraction of sp³-hybridized carbons (Fsp3) is 0. The van der Waals surface area contributed by atoms with Gasteiger partial charge in [0.25, 0.3) is 0 Å². The second-order valence-electron chi connectivity index (χ2n) is 2.34. The average molecular weight is 267 g/mol.